The topological polar surface area (TPSA) is 89.6 Å². The van der Waals surface area contributed by atoms with Crippen LogP contribution in [0.1, 0.15) is 15.9 Å². The van der Waals surface area contributed by atoms with E-state index in [-0.39, 0.29) is 0 Å². The molecule has 0 amide bonds. The Morgan fingerprint density at radius 2 is 2.18 bits per heavy atom. The summed E-state index contributed by atoms with van der Waals surface area (Å²) in [7, 11) is 2.94. The van der Waals surface area contributed by atoms with E-state index >= 15 is 0 Å². The van der Waals surface area contributed by atoms with E-state index in [4.69, 9.17) is 5.21 Å². The molecular weight excluding hydrogens is 224 g/mol. The molecule has 1 N–H and O–H groups in total. The lowest BCUT2D eigenvalue weighted by atomic mass is 10.1. The Morgan fingerprint density at radius 1 is 1.47 bits per heavy atom. The van der Waals surface area contributed by atoms with Gasteiger partial charge in [0.15, 0.2) is 0 Å². The van der Waals surface area contributed by atoms with Crippen LogP contribution in [0.5, 0.6) is 0 Å². The molecular formula is C10H10N4O3. The quantitative estimate of drug-likeness (QED) is 0.355. The van der Waals surface area contributed by atoms with Crippen molar-refractivity contribution in [1.29, 1.82) is 0 Å². The second-order valence-corrected chi connectivity index (χ2v) is 3.33. The average Bonchev–Trinajstić information content (AvgIpc) is 2.70. The van der Waals surface area contributed by atoms with Crippen molar-refractivity contribution in [2.24, 2.45) is 12.2 Å². The van der Waals surface area contributed by atoms with E-state index < -0.39 is 5.97 Å². The third-order valence-electron chi connectivity index (χ3n) is 2.27. The van der Waals surface area contributed by atoms with E-state index in [1.165, 1.54) is 18.1 Å². The van der Waals surface area contributed by atoms with E-state index in [0.29, 0.717) is 22.2 Å². The molecule has 0 atom stereocenters. The summed E-state index contributed by atoms with van der Waals surface area (Å²) in [5, 5.41) is 19.7. The van der Waals surface area contributed by atoms with Gasteiger partial charge in [-0.1, -0.05) is 11.2 Å². The van der Waals surface area contributed by atoms with E-state index in [2.05, 4.69) is 20.1 Å². The number of aromatic nitrogens is 3. The molecule has 17 heavy (non-hydrogen) atoms. The molecule has 0 saturated carbocycles. The standard InChI is InChI=1S/C10H10N4O3/c1-14-12-8-6(5-11-16)3-4-7(9(8)13-14)10(15)17-2/h3-5,16H,1-2H3/b11-5+. The van der Waals surface area contributed by atoms with Crippen LogP contribution in [0.3, 0.4) is 0 Å². The Balaban J connectivity index is 2.74. The molecule has 0 unspecified atom stereocenters. The summed E-state index contributed by atoms with van der Waals surface area (Å²) in [6.45, 7) is 0. The Morgan fingerprint density at radius 3 is 2.82 bits per heavy atom. The van der Waals surface area contributed by atoms with Crippen LogP contribution >= 0.6 is 0 Å². The molecule has 0 saturated heterocycles. The summed E-state index contributed by atoms with van der Waals surface area (Å²) in [5.41, 5.74) is 1.79. The van der Waals surface area contributed by atoms with Gasteiger partial charge in [-0.2, -0.15) is 15.0 Å². The first-order valence-electron chi connectivity index (χ1n) is 4.77. The second kappa shape index (κ2) is 4.20. The summed E-state index contributed by atoms with van der Waals surface area (Å²) in [6, 6.07) is 3.17. The first-order valence-corrected chi connectivity index (χ1v) is 4.77. The fourth-order valence-corrected chi connectivity index (χ4v) is 1.55. The van der Waals surface area contributed by atoms with E-state index in [1.54, 1.807) is 19.2 Å². The summed E-state index contributed by atoms with van der Waals surface area (Å²) in [6.07, 6.45) is 1.23. The summed E-state index contributed by atoms with van der Waals surface area (Å²) < 4.78 is 4.65. The van der Waals surface area contributed by atoms with Crippen LogP contribution in [0.2, 0.25) is 0 Å². The molecule has 0 aliphatic rings. The lowest BCUT2D eigenvalue weighted by molar-refractivity contribution is 0.0602. The summed E-state index contributed by atoms with van der Waals surface area (Å²) in [5.74, 6) is -0.483. The second-order valence-electron chi connectivity index (χ2n) is 3.33. The zero-order valence-electron chi connectivity index (χ0n) is 9.28. The van der Waals surface area contributed by atoms with Gasteiger partial charge >= 0.3 is 5.97 Å². The lowest BCUT2D eigenvalue weighted by Crippen LogP contribution is -2.03. The van der Waals surface area contributed by atoms with Gasteiger partial charge in [-0.25, -0.2) is 4.79 Å². The van der Waals surface area contributed by atoms with Crippen LogP contribution < -0.4 is 0 Å². The number of ether oxygens (including phenoxy) is 1. The predicted octanol–water partition coefficient (Wildman–Crippen LogP) is 0.563. The third kappa shape index (κ3) is 1.82. The number of aryl methyl sites for hydroxylation is 1. The highest BCUT2D eigenvalue weighted by Gasteiger charge is 2.16. The number of hydrogen-bond acceptors (Lipinski definition) is 6. The number of rotatable bonds is 2. The summed E-state index contributed by atoms with van der Waals surface area (Å²) >= 11 is 0. The molecule has 0 fully saturated rings. The molecule has 0 aliphatic heterocycles. The van der Waals surface area contributed by atoms with E-state index in [0.717, 1.165) is 0 Å². The molecule has 7 nitrogen and oxygen atoms in total. The molecule has 0 bridgehead atoms. The largest absolute Gasteiger partial charge is 0.465 e. The zero-order valence-corrected chi connectivity index (χ0v) is 9.28. The Kier molecular flexibility index (Phi) is 2.73. The van der Waals surface area contributed by atoms with Crippen molar-refractivity contribution in [2.45, 2.75) is 0 Å². The van der Waals surface area contributed by atoms with Crippen molar-refractivity contribution in [3.05, 3.63) is 23.3 Å². The highest BCUT2D eigenvalue weighted by atomic mass is 16.5. The van der Waals surface area contributed by atoms with Gasteiger partial charge in [0.25, 0.3) is 0 Å². The molecule has 7 heteroatoms. The maximum absolute atomic E-state index is 11.5. The van der Waals surface area contributed by atoms with Crippen LogP contribution in [-0.2, 0) is 11.8 Å². The number of hydrogen-bond donors (Lipinski definition) is 1. The van der Waals surface area contributed by atoms with Crippen LogP contribution in [-0.4, -0.2) is 39.5 Å². The van der Waals surface area contributed by atoms with Crippen molar-refractivity contribution in [3.63, 3.8) is 0 Å². The van der Waals surface area contributed by atoms with E-state index in [1.807, 2.05) is 0 Å². The van der Waals surface area contributed by atoms with Crippen LogP contribution in [0.25, 0.3) is 11.0 Å². The minimum Gasteiger partial charge on any atom is -0.465 e. The Hall–Kier alpha value is -2.44. The number of fused-ring (bicyclic) bond motifs is 1. The molecule has 0 spiro atoms. The van der Waals surface area contributed by atoms with Gasteiger partial charge < -0.3 is 9.94 Å². The van der Waals surface area contributed by atoms with Crippen LogP contribution in [0, 0.1) is 0 Å². The molecule has 1 heterocycles. The van der Waals surface area contributed by atoms with Gasteiger partial charge in [0.1, 0.15) is 11.0 Å². The molecule has 2 rings (SSSR count). The minimum atomic E-state index is -0.483. The molecule has 88 valence electrons. The molecule has 1 aromatic heterocycles. The molecule has 1 aromatic carbocycles. The monoisotopic (exact) mass is 234 g/mol. The first kappa shape index (κ1) is 11.1. The number of benzene rings is 1. The number of oxime groups is 1. The normalized spacial score (nSPS) is 11.2. The smallest absolute Gasteiger partial charge is 0.340 e. The molecule has 2 aromatic rings. The van der Waals surface area contributed by atoms with Gasteiger partial charge in [-0.15, -0.1) is 0 Å². The Bertz CT molecular complexity index is 603. The van der Waals surface area contributed by atoms with Crippen LogP contribution in [0.15, 0.2) is 17.3 Å². The predicted molar refractivity (Wildman–Crippen MR) is 59.2 cm³/mol. The maximum atomic E-state index is 11.5. The van der Waals surface area contributed by atoms with Gasteiger partial charge in [0.05, 0.1) is 18.9 Å². The fraction of sp³-hybridized carbons (Fsp3) is 0.200. The highest BCUT2D eigenvalue weighted by Crippen LogP contribution is 2.18. The zero-order chi connectivity index (χ0) is 12.4. The van der Waals surface area contributed by atoms with Crippen molar-refractivity contribution >= 4 is 23.2 Å². The average molecular weight is 234 g/mol. The number of esters is 1. The third-order valence-corrected chi connectivity index (χ3v) is 2.27. The summed E-state index contributed by atoms with van der Waals surface area (Å²) in [4.78, 5) is 12.9. The molecule has 0 aliphatic carbocycles. The fourth-order valence-electron chi connectivity index (χ4n) is 1.55. The van der Waals surface area contributed by atoms with Gasteiger partial charge in [0, 0.05) is 12.6 Å². The van der Waals surface area contributed by atoms with Gasteiger partial charge in [-0.05, 0) is 6.07 Å². The van der Waals surface area contributed by atoms with Crippen molar-refractivity contribution in [3.8, 4) is 0 Å². The Labute approximate surface area is 96.3 Å². The number of methoxy groups -OCH3 is 1. The van der Waals surface area contributed by atoms with Gasteiger partial charge in [-0.3, -0.25) is 0 Å². The van der Waals surface area contributed by atoms with Crippen LogP contribution in [0.4, 0.5) is 0 Å². The first-order chi connectivity index (χ1) is 8.17. The van der Waals surface area contributed by atoms with E-state index in [9.17, 15) is 4.79 Å². The number of nitrogens with zero attached hydrogens (tertiary/aromatic N) is 4. The van der Waals surface area contributed by atoms with Crippen molar-refractivity contribution in [2.75, 3.05) is 7.11 Å². The minimum absolute atomic E-state index is 0.325. The number of carbonyl (C=O) groups is 1. The SMILES string of the molecule is COC(=O)c1ccc(/C=N/O)c2nn(C)nc12. The lowest BCUT2D eigenvalue weighted by Gasteiger charge is -2.00. The highest BCUT2D eigenvalue weighted by molar-refractivity contribution is 6.06. The molecule has 0 radical (unpaired) electrons. The van der Waals surface area contributed by atoms with Crippen molar-refractivity contribution < 1.29 is 14.7 Å². The number of carbonyl (C=O) groups excluding carboxylic acids is 1. The van der Waals surface area contributed by atoms with Crippen molar-refractivity contribution in [1.82, 2.24) is 15.0 Å². The maximum Gasteiger partial charge on any atom is 0.340 e. The van der Waals surface area contributed by atoms with Gasteiger partial charge in [0.2, 0.25) is 0 Å².